The van der Waals surface area contributed by atoms with Crippen molar-refractivity contribution in [3.8, 4) is 11.8 Å². The van der Waals surface area contributed by atoms with Crippen LogP contribution in [0.3, 0.4) is 0 Å². The SMILES string of the molecule is COc1c(C#N)cc(Br)c(F)c1F. The molecule has 0 aliphatic carbocycles. The Balaban J connectivity index is 3.50. The van der Waals surface area contributed by atoms with Crippen LogP contribution in [-0.4, -0.2) is 7.11 Å². The number of hydrogen-bond acceptors (Lipinski definition) is 2. The van der Waals surface area contributed by atoms with Gasteiger partial charge in [0.05, 0.1) is 17.1 Å². The molecule has 2 nitrogen and oxygen atoms in total. The quantitative estimate of drug-likeness (QED) is 0.715. The molecule has 13 heavy (non-hydrogen) atoms. The van der Waals surface area contributed by atoms with Gasteiger partial charge in [-0.25, -0.2) is 4.39 Å². The molecule has 1 aromatic rings. The smallest absolute Gasteiger partial charge is 0.203 e. The maximum absolute atomic E-state index is 13.0. The van der Waals surface area contributed by atoms with Gasteiger partial charge in [-0.1, -0.05) is 0 Å². The van der Waals surface area contributed by atoms with Gasteiger partial charge in [-0.15, -0.1) is 0 Å². The van der Waals surface area contributed by atoms with Crippen LogP contribution in [0.5, 0.6) is 5.75 Å². The summed E-state index contributed by atoms with van der Waals surface area (Å²) in [6.45, 7) is 0. The monoisotopic (exact) mass is 247 g/mol. The second-order valence-electron chi connectivity index (χ2n) is 2.18. The number of ether oxygens (including phenoxy) is 1. The van der Waals surface area contributed by atoms with Crippen LogP contribution in [0, 0.1) is 23.0 Å². The number of halogens is 3. The van der Waals surface area contributed by atoms with Gasteiger partial charge in [0.25, 0.3) is 0 Å². The van der Waals surface area contributed by atoms with E-state index in [2.05, 4.69) is 20.7 Å². The highest BCUT2D eigenvalue weighted by molar-refractivity contribution is 9.10. The summed E-state index contributed by atoms with van der Waals surface area (Å²) >= 11 is 2.78. The molecule has 0 atom stereocenters. The Bertz CT molecular complexity index is 387. The third-order valence-corrected chi connectivity index (χ3v) is 2.02. The van der Waals surface area contributed by atoms with Crippen LogP contribution in [-0.2, 0) is 0 Å². The Hall–Kier alpha value is -1.15. The Morgan fingerprint density at radius 3 is 2.54 bits per heavy atom. The summed E-state index contributed by atoms with van der Waals surface area (Å²) in [5.74, 6) is -2.59. The van der Waals surface area contributed by atoms with Crippen molar-refractivity contribution in [1.82, 2.24) is 0 Å². The van der Waals surface area contributed by atoms with Crippen molar-refractivity contribution in [3.05, 3.63) is 27.7 Å². The number of benzene rings is 1. The summed E-state index contributed by atoms with van der Waals surface area (Å²) in [7, 11) is 1.17. The molecular weight excluding hydrogens is 244 g/mol. The lowest BCUT2D eigenvalue weighted by Gasteiger charge is -2.05. The average molecular weight is 248 g/mol. The van der Waals surface area contributed by atoms with Crippen LogP contribution in [0.1, 0.15) is 5.56 Å². The maximum Gasteiger partial charge on any atom is 0.203 e. The fourth-order valence-corrected chi connectivity index (χ4v) is 1.26. The molecule has 68 valence electrons. The van der Waals surface area contributed by atoms with E-state index in [9.17, 15) is 8.78 Å². The van der Waals surface area contributed by atoms with Gasteiger partial charge in [-0.3, -0.25) is 0 Å². The molecule has 1 aromatic carbocycles. The molecular formula is C8H4BrF2NO. The number of nitrogens with zero attached hydrogens (tertiary/aromatic N) is 1. The fourth-order valence-electron chi connectivity index (χ4n) is 0.861. The molecule has 0 aliphatic heterocycles. The van der Waals surface area contributed by atoms with E-state index in [-0.39, 0.29) is 15.8 Å². The van der Waals surface area contributed by atoms with Gasteiger partial charge in [0, 0.05) is 0 Å². The first kappa shape index (κ1) is 9.93. The standard InChI is InChI=1S/C8H4BrF2NO/c1-13-8-4(3-12)2-5(9)6(10)7(8)11/h2H,1H3. The first-order valence-corrected chi connectivity index (χ1v) is 4.02. The molecule has 0 saturated heterocycles. The average Bonchev–Trinajstić information content (AvgIpc) is 2.13. The maximum atomic E-state index is 13.0. The molecule has 0 saturated carbocycles. The zero-order chi connectivity index (χ0) is 10.0. The van der Waals surface area contributed by atoms with Gasteiger partial charge in [0.15, 0.2) is 11.6 Å². The molecule has 0 N–H and O–H groups in total. The number of methoxy groups -OCH3 is 1. The van der Waals surface area contributed by atoms with E-state index in [1.807, 2.05) is 0 Å². The van der Waals surface area contributed by atoms with Crippen LogP contribution < -0.4 is 4.74 Å². The predicted molar refractivity (Wildman–Crippen MR) is 45.3 cm³/mol. The number of hydrogen-bond donors (Lipinski definition) is 0. The van der Waals surface area contributed by atoms with E-state index in [1.54, 1.807) is 6.07 Å². The highest BCUT2D eigenvalue weighted by Crippen LogP contribution is 2.29. The van der Waals surface area contributed by atoms with Crippen molar-refractivity contribution in [2.75, 3.05) is 7.11 Å². The summed E-state index contributed by atoms with van der Waals surface area (Å²) < 4.78 is 30.4. The van der Waals surface area contributed by atoms with Gasteiger partial charge in [0.2, 0.25) is 5.82 Å². The molecule has 0 bridgehead atoms. The third kappa shape index (κ3) is 1.63. The van der Waals surface area contributed by atoms with Crippen molar-refractivity contribution < 1.29 is 13.5 Å². The molecule has 0 fully saturated rings. The highest BCUT2D eigenvalue weighted by Gasteiger charge is 2.17. The Morgan fingerprint density at radius 2 is 2.08 bits per heavy atom. The molecule has 0 aliphatic rings. The normalized spacial score (nSPS) is 9.46. The topological polar surface area (TPSA) is 33.0 Å². The molecule has 0 heterocycles. The third-order valence-electron chi connectivity index (χ3n) is 1.44. The largest absolute Gasteiger partial charge is 0.492 e. The number of rotatable bonds is 1. The van der Waals surface area contributed by atoms with Crippen LogP contribution in [0.4, 0.5) is 8.78 Å². The van der Waals surface area contributed by atoms with Crippen LogP contribution in [0.2, 0.25) is 0 Å². The minimum Gasteiger partial charge on any atom is -0.492 e. The van der Waals surface area contributed by atoms with Crippen molar-refractivity contribution in [3.63, 3.8) is 0 Å². The molecule has 0 unspecified atom stereocenters. The zero-order valence-electron chi connectivity index (χ0n) is 6.57. The second kappa shape index (κ2) is 3.71. The van der Waals surface area contributed by atoms with E-state index >= 15 is 0 Å². The summed E-state index contributed by atoms with van der Waals surface area (Å²) in [6.07, 6.45) is 0. The summed E-state index contributed by atoms with van der Waals surface area (Å²) in [6, 6.07) is 2.86. The minimum absolute atomic E-state index is 0.0479. The van der Waals surface area contributed by atoms with E-state index in [0.717, 1.165) is 6.07 Å². The molecule has 1 rings (SSSR count). The molecule has 0 radical (unpaired) electrons. The molecule has 0 spiro atoms. The van der Waals surface area contributed by atoms with Crippen molar-refractivity contribution >= 4 is 15.9 Å². The van der Waals surface area contributed by atoms with Gasteiger partial charge in [-0.2, -0.15) is 9.65 Å². The summed E-state index contributed by atoms with van der Waals surface area (Å²) in [4.78, 5) is 0. The van der Waals surface area contributed by atoms with E-state index < -0.39 is 11.6 Å². The molecule has 5 heteroatoms. The van der Waals surface area contributed by atoms with Crippen molar-refractivity contribution in [1.29, 1.82) is 5.26 Å². The van der Waals surface area contributed by atoms with Gasteiger partial charge in [-0.05, 0) is 22.0 Å². The van der Waals surface area contributed by atoms with Crippen molar-refractivity contribution in [2.45, 2.75) is 0 Å². The fraction of sp³-hybridized carbons (Fsp3) is 0.125. The summed E-state index contributed by atoms with van der Waals surface area (Å²) in [5.41, 5.74) is -0.0479. The van der Waals surface area contributed by atoms with Gasteiger partial charge in [0.1, 0.15) is 6.07 Å². The van der Waals surface area contributed by atoms with Crippen molar-refractivity contribution in [2.24, 2.45) is 0 Å². The molecule has 0 amide bonds. The van der Waals surface area contributed by atoms with E-state index in [1.165, 1.54) is 7.11 Å². The second-order valence-corrected chi connectivity index (χ2v) is 3.03. The van der Waals surface area contributed by atoms with E-state index in [0.29, 0.717) is 0 Å². The minimum atomic E-state index is -1.16. The van der Waals surface area contributed by atoms with Gasteiger partial charge < -0.3 is 4.74 Å². The van der Waals surface area contributed by atoms with E-state index in [4.69, 9.17) is 5.26 Å². The molecule has 0 aromatic heterocycles. The highest BCUT2D eigenvalue weighted by atomic mass is 79.9. The Kier molecular flexibility index (Phi) is 2.83. The lowest BCUT2D eigenvalue weighted by molar-refractivity contribution is 0.369. The van der Waals surface area contributed by atoms with Crippen LogP contribution in [0.25, 0.3) is 0 Å². The van der Waals surface area contributed by atoms with Crippen LogP contribution >= 0.6 is 15.9 Å². The Morgan fingerprint density at radius 1 is 1.46 bits per heavy atom. The first-order valence-electron chi connectivity index (χ1n) is 3.23. The lowest BCUT2D eigenvalue weighted by Crippen LogP contribution is -1.96. The van der Waals surface area contributed by atoms with Crippen LogP contribution in [0.15, 0.2) is 10.5 Å². The Labute approximate surface area is 81.9 Å². The van der Waals surface area contributed by atoms with Gasteiger partial charge >= 0.3 is 0 Å². The predicted octanol–water partition coefficient (Wildman–Crippen LogP) is 2.61. The number of nitriles is 1. The zero-order valence-corrected chi connectivity index (χ0v) is 8.15. The lowest BCUT2D eigenvalue weighted by atomic mass is 10.2. The first-order chi connectivity index (χ1) is 6.11. The summed E-state index contributed by atoms with van der Waals surface area (Å²) in [5, 5.41) is 8.55.